The lowest BCUT2D eigenvalue weighted by Crippen LogP contribution is -2.46. The van der Waals surface area contributed by atoms with Crippen molar-refractivity contribution in [2.45, 2.75) is 32.4 Å². The molecule has 0 aliphatic carbocycles. The number of aromatic nitrogens is 1. The predicted octanol–water partition coefficient (Wildman–Crippen LogP) is 2.19. The summed E-state index contributed by atoms with van der Waals surface area (Å²) in [5, 5.41) is 5.33. The van der Waals surface area contributed by atoms with Crippen LogP contribution in [0.25, 0.3) is 0 Å². The number of terminal acetylenes is 1. The summed E-state index contributed by atoms with van der Waals surface area (Å²) in [6, 6.07) is 8.72. The summed E-state index contributed by atoms with van der Waals surface area (Å²) in [7, 11) is 1.24. The standard InChI is InChI=1S/C37H53N3O13/c1-6-13-45-15-17-47-19-21-49-23-24-50-22-20-48-18-16-46-14-12-38-33(41)28-51-30-8-7-9-31(25-30)53-34-11-10-29(26-39-34)35(42)40-32(36(43)44-5)27-52-37(2,3)4/h1,7-11,25-26,32H,12-24,27-28H2,2-5H3,(H,38,41)(H,40,42)/t32-/m0/s1. The first-order valence-electron chi connectivity index (χ1n) is 17.2. The van der Waals surface area contributed by atoms with Crippen molar-refractivity contribution in [2.24, 2.45) is 0 Å². The first-order valence-corrected chi connectivity index (χ1v) is 17.2. The molecular formula is C37H53N3O13. The van der Waals surface area contributed by atoms with Crippen LogP contribution in [0.3, 0.4) is 0 Å². The van der Waals surface area contributed by atoms with Gasteiger partial charge in [-0.25, -0.2) is 9.78 Å². The molecule has 0 saturated heterocycles. The zero-order valence-electron chi connectivity index (χ0n) is 31.1. The van der Waals surface area contributed by atoms with E-state index in [0.717, 1.165) is 0 Å². The molecular weight excluding hydrogens is 694 g/mol. The van der Waals surface area contributed by atoms with Gasteiger partial charge in [0.2, 0.25) is 5.88 Å². The van der Waals surface area contributed by atoms with Gasteiger partial charge in [0.05, 0.1) is 97.6 Å². The van der Waals surface area contributed by atoms with Gasteiger partial charge in [-0.2, -0.15) is 0 Å². The minimum absolute atomic E-state index is 0.0530. The number of benzene rings is 1. The number of rotatable bonds is 29. The van der Waals surface area contributed by atoms with E-state index in [1.807, 2.05) is 20.8 Å². The van der Waals surface area contributed by atoms with Gasteiger partial charge in [-0.1, -0.05) is 12.0 Å². The molecule has 0 spiro atoms. The van der Waals surface area contributed by atoms with Crippen molar-refractivity contribution in [1.29, 1.82) is 0 Å². The molecule has 0 fully saturated rings. The van der Waals surface area contributed by atoms with Crippen LogP contribution in [-0.4, -0.2) is 141 Å². The molecule has 2 N–H and O–H groups in total. The maximum Gasteiger partial charge on any atom is 0.330 e. The van der Waals surface area contributed by atoms with E-state index >= 15 is 0 Å². The SMILES string of the molecule is C#CCOCCOCCOCCOCCOCCOCCNC(=O)COc1cccc(Oc2ccc(C(=O)N[C@@H](COC(C)(C)C)C(=O)OC)cn2)c1. The van der Waals surface area contributed by atoms with Crippen molar-refractivity contribution in [2.75, 3.05) is 106 Å². The molecule has 294 valence electrons. The Morgan fingerprint density at radius 2 is 1.40 bits per heavy atom. The second-order valence-electron chi connectivity index (χ2n) is 11.9. The Labute approximate surface area is 311 Å². The fraction of sp³-hybridized carbons (Fsp3) is 0.568. The Balaban J connectivity index is 1.53. The summed E-state index contributed by atoms with van der Waals surface area (Å²) >= 11 is 0. The summed E-state index contributed by atoms with van der Waals surface area (Å²) in [6.45, 7) is 10.6. The van der Waals surface area contributed by atoms with Crippen LogP contribution in [0.2, 0.25) is 0 Å². The molecule has 2 amide bonds. The van der Waals surface area contributed by atoms with E-state index in [9.17, 15) is 14.4 Å². The molecule has 0 aliphatic heterocycles. The first kappa shape index (κ1) is 44.8. The second-order valence-corrected chi connectivity index (χ2v) is 11.9. The fourth-order valence-electron chi connectivity index (χ4n) is 3.90. The first-order chi connectivity index (χ1) is 25.6. The Morgan fingerprint density at radius 3 is 1.94 bits per heavy atom. The minimum Gasteiger partial charge on any atom is -0.484 e. The zero-order chi connectivity index (χ0) is 38.6. The normalized spacial score (nSPS) is 11.7. The van der Waals surface area contributed by atoms with E-state index in [4.69, 9.17) is 53.8 Å². The molecule has 2 aromatic rings. The topological polar surface area (TPSA) is 180 Å². The second kappa shape index (κ2) is 27.3. The van der Waals surface area contributed by atoms with Crippen molar-refractivity contribution in [1.82, 2.24) is 15.6 Å². The number of hydrogen-bond acceptors (Lipinski definition) is 14. The summed E-state index contributed by atoms with van der Waals surface area (Å²) in [4.78, 5) is 41.3. The van der Waals surface area contributed by atoms with Gasteiger partial charge < -0.3 is 58.0 Å². The monoisotopic (exact) mass is 747 g/mol. The molecule has 2 rings (SSSR count). The highest BCUT2D eigenvalue weighted by atomic mass is 16.6. The molecule has 16 nitrogen and oxygen atoms in total. The van der Waals surface area contributed by atoms with Gasteiger partial charge in [0.15, 0.2) is 12.6 Å². The van der Waals surface area contributed by atoms with Crippen LogP contribution in [0.5, 0.6) is 17.4 Å². The lowest BCUT2D eigenvalue weighted by molar-refractivity contribution is -0.146. The third-order valence-corrected chi connectivity index (χ3v) is 6.48. The van der Waals surface area contributed by atoms with Gasteiger partial charge in [0.1, 0.15) is 18.1 Å². The largest absolute Gasteiger partial charge is 0.484 e. The van der Waals surface area contributed by atoms with E-state index in [0.29, 0.717) is 90.7 Å². The molecule has 16 heteroatoms. The van der Waals surface area contributed by atoms with Crippen LogP contribution >= 0.6 is 0 Å². The Morgan fingerprint density at radius 1 is 0.811 bits per heavy atom. The van der Waals surface area contributed by atoms with Crippen molar-refractivity contribution < 1.29 is 61.8 Å². The summed E-state index contributed by atoms with van der Waals surface area (Å²) < 4.78 is 54.0. The quantitative estimate of drug-likeness (QED) is 0.0703. The van der Waals surface area contributed by atoms with Gasteiger partial charge in [-0.3, -0.25) is 9.59 Å². The maximum atomic E-state index is 12.7. The molecule has 0 aliphatic rings. The third kappa shape index (κ3) is 22.4. The number of nitrogens with zero attached hydrogens (tertiary/aromatic N) is 1. The average molecular weight is 748 g/mol. The number of hydrogen-bond donors (Lipinski definition) is 2. The number of nitrogens with one attached hydrogen (secondary N) is 2. The Hall–Kier alpha value is -4.34. The van der Waals surface area contributed by atoms with Crippen molar-refractivity contribution in [3.05, 3.63) is 48.2 Å². The van der Waals surface area contributed by atoms with Crippen molar-refractivity contribution in [3.63, 3.8) is 0 Å². The van der Waals surface area contributed by atoms with Crippen LogP contribution < -0.4 is 20.1 Å². The van der Waals surface area contributed by atoms with Crippen LogP contribution in [0.4, 0.5) is 0 Å². The van der Waals surface area contributed by atoms with Crippen LogP contribution in [0.1, 0.15) is 31.1 Å². The Kier molecular flexibility index (Phi) is 23.1. The molecule has 1 atom stereocenters. The molecule has 1 aromatic heterocycles. The molecule has 1 heterocycles. The number of carbonyl (C=O) groups is 3. The number of esters is 1. The summed E-state index contributed by atoms with van der Waals surface area (Å²) in [5.74, 6) is 1.96. The van der Waals surface area contributed by atoms with E-state index in [1.165, 1.54) is 25.4 Å². The highest BCUT2D eigenvalue weighted by molar-refractivity contribution is 5.96. The molecule has 0 saturated carbocycles. The van der Waals surface area contributed by atoms with Crippen LogP contribution in [-0.2, 0) is 47.5 Å². The molecule has 0 radical (unpaired) electrons. The van der Waals surface area contributed by atoms with Gasteiger partial charge >= 0.3 is 5.97 Å². The smallest absolute Gasteiger partial charge is 0.330 e. The predicted molar refractivity (Wildman–Crippen MR) is 192 cm³/mol. The van der Waals surface area contributed by atoms with Gasteiger partial charge in [-0.15, -0.1) is 6.42 Å². The maximum absolute atomic E-state index is 12.7. The lowest BCUT2D eigenvalue weighted by atomic mass is 10.2. The lowest BCUT2D eigenvalue weighted by Gasteiger charge is -2.23. The molecule has 0 unspecified atom stereocenters. The highest BCUT2D eigenvalue weighted by Gasteiger charge is 2.25. The Bertz CT molecular complexity index is 1360. The summed E-state index contributed by atoms with van der Waals surface area (Å²) in [6.07, 6.45) is 6.41. The van der Waals surface area contributed by atoms with Crippen molar-refractivity contribution in [3.8, 4) is 29.7 Å². The third-order valence-electron chi connectivity index (χ3n) is 6.48. The van der Waals surface area contributed by atoms with E-state index in [2.05, 4.69) is 21.5 Å². The molecule has 1 aromatic carbocycles. The van der Waals surface area contributed by atoms with Crippen LogP contribution in [0.15, 0.2) is 42.6 Å². The number of carbonyl (C=O) groups excluding carboxylic acids is 3. The average Bonchev–Trinajstić information content (AvgIpc) is 3.14. The number of methoxy groups -OCH3 is 1. The van der Waals surface area contributed by atoms with Gasteiger partial charge in [0.25, 0.3) is 11.8 Å². The van der Waals surface area contributed by atoms with E-state index in [-0.39, 0.29) is 37.2 Å². The fourth-order valence-corrected chi connectivity index (χ4v) is 3.90. The number of ether oxygens (including phenoxy) is 10. The van der Waals surface area contributed by atoms with E-state index < -0.39 is 23.5 Å². The molecule has 53 heavy (non-hydrogen) atoms. The van der Waals surface area contributed by atoms with Crippen molar-refractivity contribution >= 4 is 17.8 Å². The minimum atomic E-state index is -0.990. The number of pyridine rings is 1. The van der Waals surface area contributed by atoms with Gasteiger partial charge in [-0.05, 0) is 39.0 Å². The van der Waals surface area contributed by atoms with E-state index in [1.54, 1.807) is 24.3 Å². The highest BCUT2D eigenvalue weighted by Crippen LogP contribution is 2.24. The zero-order valence-corrected chi connectivity index (χ0v) is 31.1. The molecule has 0 bridgehead atoms. The van der Waals surface area contributed by atoms with Crippen LogP contribution in [0, 0.1) is 12.3 Å². The number of amides is 2. The summed E-state index contributed by atoms with van der Waals surface area (Å²) in [5.41, 5.74) is -0.297. The van der Waals surface area contributed by atoms with Gasteiger partial charge in [0, 0.05) is 24.9 Å².